The molecule has 1 saturated carbocycles. The van der Waals surface area contributed by atoms with E-state index in [0.29, 0.717) is 69.0 Å². The maximum absolute atomic E-state index is 13.2. The quantitative estimate of drug-likeness (QED) is 0.624. The second kappa shape index (κ2) is 10.3. The molecular formula is C28H32ClN3O4. The average Bonchev–Trinajstić information content (AvgIpc) is 3.30. The van der Waals surface area contributed by atoms with Gasteiger partial charge in [0.25, 0.3) is 5.91 Å². The predicted octanol–water partition coefficient (Wildman–Crippen LogP) is 4.80. The van der Waals surface area contributed by atoms with Crippen molar-refractivity contribution in [1.82, 2.24) is 9.88 Å². The number of carbonyl (C=O) groups excluding carboxylic acids is 1. The van der Waals surface area contributed by atoms with Gasteiger partial charge >= 0.3 is 0 Å². The Morgan fingerprint density at radius 2 is 1.83 bits per heavy atom. The minimum atomic E-state index is -0.0399. The third-order valence-electron chi connectivity index (χ3n) is 7.50. The van der Waals surface area contributed by atoms with E-state index in [1.165, 1.54) is 32.1 Å². The van der Waals surface area contributed by atoms with Gasteiger partial charge in [-0.05, 0) is 25.0 Å². The zero-order chi connectivity index (χ0) is 24.5. The molecule has 2 aromatic rings. The first kappa shape index (κ1) is 23.6. The first-order valence-corrected chi connectivity index (χ1v) is 13.5. The fraction of sp³-hybridized carbons (Fsp3) is 0.500. The van der Waals surface area contributed by atoms with Gasteiger partial charge in [-0.15, -0.1) is 0 Å². The molecule has 1 N–H and O–H groups in total. The Balaban J connectivity index is 1.30. The Morgan fingerprint density at radius 3 is 2.64 bits per heavy atom. The van der Waals surface area contributed by atoms with Crippen molar-refractivity contribution in [2.45, 2.75) is 51.0 Å². The summed E-state index contributed by atoms with van der Waals surface area (Å²) in [4.78, 5) is 20.0. The summed E-state index contributed by atoms with van der Waals surface area (Å²) in [5.74, 6) is 1.16. The van der Waals surface area contributed by atoms with Crippen LogP contribution in [-0.4, -0.2) is 61.3 Å². The van der Waals surface area contributed by atoms with Crippen molar-refractivity contribution in [3.8, 4) is 11.5 Å². The van der Waals surface area contributed by atoms with Gasteiger partial charge in [0.15, 0.2) is 11.5 Å². The van der Waals surface area contributed by atoms with E-state index in [0.717, 1.165) is 39.7 Å². The third-order valence-corrected chi connectivity index (χ3v) is 7.84. The van der Waals surface area contributed by atoms with Gasteiger partial charge in [0.2, 0.25) is 0 Å². The molecule has 2 aliphatic carbocycles. The predicted molar refractivity (Wildman–Crippen MR) is 139 cm³/mol. The van der Waals surface area contributed by atoms with Crippen molar-refractivity contribution in [3.05, 3.63) is 52.4 Å². The van der Waals surface area contributed by atoms with Crippen LogP contribution in [0.1, 0.15) is 65.0 Å². The number of carbonyl (C=O) groups is 1. The number of morpholine rings is 1. The highest BCUT2D eigenvalue weighted by molar-refractivity contribution is 6.49. The Kier molecular flexibility index (Phi) is 6.76. The number of anilines is 1. The molecule has 1 saturated heterocycles. The maximum atomic E-state index is 13.2. The molecule has 1 aromatic heterocycles. The number of pyridine rings is 1. The average molecular weight is 510 g/mol. The fourth-order valence-electron chi connectivity index (χ4n) is 5.66. The van der Waals surface area contributed by atoms with Crippen molar-refractivity contribution >= 4 is 28.2 Å². The molecule has 0 spiro atoms. The number of amides is 1. The van der Waals surface area contributed by atoms with Crippen molar-refractivity contribution in [2.24, 2.45) is 0 Å². The minimum Gasteiger partial charge on any atom is -0.486 e. The van der Waals surface area contributed by atoms with Crippen LogP contribution in [0.15, 0.2) is 24.3 Å². The number of hydrogen-bond acceptors (Lipinski definition) is 6. The normalized spacial score (nSPS) is 19.6. The summed E-state index contributed by atoms with van der Waals surface area (Å²) in [5.41, 5.74) is 5.60. The lowest BCUT2D eigenvalue weighted by Gasteiger charge is -2.29. The minimum absolute atomic E-state index is 0.0399. The van der Waals surface area contributed by atoms with Crippen LogP contribution >= 0.6 is 11.6 Å². The fourth-order valence-corrected chi connectivity index (χ4v) is 5.95. The Labute approximate surface area is 216 Å². The number of fused-ring (bicyclic) bond motifs is 2. The molecule has 1 amide bonds. The molecule has 0 bridgehead atoms. The monoisotopic (exact) mass is 509 g/mol. The lowest BCUT2D eigenvalue weighted by Crippen LogP contribution is -2.41. The van der Waals surface area contributed by atoms with Gasteiger partial charge in [0, 0.05) is 59.5 Å². The number of aromatic nitrogens is 1. The van der Waals surface area contributed by atoms with E-state index in [2.05, 4.69) is 11.4 Å². The van der Waals surface area contributed by atoms with Crippen LogP contribution in [0, 0.1) is 0 Å². The molecule has 7 nitrogen and oxygen atoms in total. The van der Waals surface area contributed by atoms with Crippen molar-refractivity contribution < 1.29 is 19.0 Å². The van der Waals surface area contributed by atoms with Gasteiger partial charge in [-0.25, -0.2) is 0 Å². The van der Waals surface area contributed by atoms with E-state index in [9.17, 15) is 4.79 Å². The maximum Gasteiger partial charge on any atom is 0.257 e. The Morgan fingerprint density at radius 1 is 1.06 bits per heavy atom. The molecule has 0 unspecified atom stereocenters. The molecule has 0 radical (unpaired) electrons. The van der Waals surface area contributed by atoms with E-state index < -0.39 is 0 Å². The summed E-state index contributed by atoms with van der Waals surface area (Å²) >= 11 is 6.58. The molecule has 190 valence electrons. The van der Waals surface area contributed by atoms with Crippen LogP contribution in [0.4, 0.5) is 5.69 Å². The summed E-state index contributed by atoms with van der Waals surface area (Å²) in [6.45, 7) is 3.18. The van der Waals surface area contributed by atoms with Crippen LogP contribution in [0.3, 0.4) is 0 Å². The third kappa shape index (κ3) is 4.66. The van der Waals surface area contributed by atoms with E-state index in [4.69, 9.17) is 30.8 Å². The Hall–Kier alpha value is -2.77. The molecule has 4 aliphatic rings. The number of nitrogens with zero attached hydrogens (tertiary/aromatic N) is 2. The number of hydrogen-bond donors (Lipinski definition) is 1. The van der Waals surface area contributed by atoms with Gasteiger partial charge in [0.1, 0.15) is 13.2 Å². The molecule has 3 heterocycles. The van der Waals surface area contributed by atoms with Crippen LogP contribution in [0.2, 0.25) is 0 Å². The second-order valence-electron chi connectivity index (χ2n) is 9.93. The molecule has 8 heteroatoms. The molecule has 2 fully saturated rings. The smallest absolute Gasteiger partial charge is 0.257 e. The first-order chi connectivity index (χ1) is 17.7. The first-order valence-electron chi connectivity index (χ1n) is 13.1. The van der Waals surface area contributed by atoms with E-state index >= 15 is 0 Å². The lowest BCUT2D eigenvalue weighted by atomic mass is 9.95. The summed E-state index contributed by atoms with van der Waals surface area (Å²) in [7, 11) is 0. The van der Waals surface area contributed by atoms with Crippen LogP contribution in [-0.2, 0) is 17.6 Å². The molecule has 6 rings (SSSR count). The van der Waals surface area contributed by atoms with E-state index in [1.54, 1.807) is 0 Å². The van der Waals surface area contributed by atoms with Gasteiger partial charge < -0.3 is 24.4 Å². The van der Waals surface area contributed by atoms with Crippen molar-refractivity contribution in [3.63, 3.8) is 0 Å². The summed E-state index contributed by atoms with van der Waals surface area (Å²) in [6.07, 6.45) is 9.58. The van der Waals surface area contributed by atoms with Gasteiger partial charge in [0.05, 0.1) is 24.5 Å². The largest absolute Gasteiger partial charge is 0.486 e. The zero-order valence-electron chi connectivity index (χ0n) is 20.5. The summed E-state index contributed by atoms with van der Waals surface area (Å²) in [5, 5.41) is 4.56. The molecular weight excluding hydrogens is 478 g/mol. The lowest BCUT2D eigenvalue weighted by molar-refractivity contribution is 0.0298. The Bertz CT molecular complexity index is 1190. The highest BCUT2D eigenvalue weighted by Gasteiger charge is 2.29. The molecule has 36 heavy (non-hydrogen) atoms. The van der Waals surface area contributed by atoms with E-state index in [-0.39, 0.29) is 5.91 Å². The van der Waals surface area contributed by atoms with Crippen LogP contribution in [0.5, 0.6) is 11.5 Å². The second-order valence-corrected chi connectivity index (χ2v) is 10.3. The number of nitrogens with one attached hydrogen (secondary N) is 1. The number of halogens is 1. The molecule has 1 aromatic carbocycles. The van der Waals surface area contributed by atoms with Gasteiger partial charge in [-0.3, -0.25) is 9.78 Å². The topological polar surface area (TPSA) is 72.9 Å². The highest BCUT2D eigenvalue weighted by atomic mass is 35.5. The van der Waals surface area contributed by atoms with Crippen molar-refractivity contribution in [2.75, 3.05) is 44.8 Å². The van der Waals surface area contributed by atoms with Crippen LogP contribution in [0.25, 0.3) is 5.03 Å². The SMILES string of the molecule is O=C(c1ccc(Cc2cc(NC3CCCCC3)c3c(n2)CC=C3Cl)c2c1OCCO2)N1CCOCC1. The number of benzene rings is 1. The van der Waals surface area contributed by atoms with Gasteiger partial charge in [-0.2, -0.15) is 0 Å². The summed E-state index contributed by atoms with van der Waals surface area (Å²) < 4.78 is 17.5. The van der Waals surface area contributed by atoms with Gasteiger partial charge in [-0.1, -0.05) is 43.0 Å². The summed E-state index contributed by atoms with van der Waals surface area (Å²) in [6, 6.07) is 6.46. The highest BCUT2D eigenvalue weighted by Crippen LogP contribution is 2.41. The molecule has 2 aliphatic heterocycles. The number of allylic oxidation sites excluding steroid dienone is 1. The number of ether oxygens (including phenoxy) is 3. The standard InChI is InChI=1S/C28H32ClN3O4/c29-22-8-9-23-25(22)24(30-19-4-2-1-3-5-19)17-20(31-23)16-18-6-7-21(27-26(18)35-14-15-36-27)28(33)32-10-12-34-13-11-32/h6-8,17,19H,1-5,9-16H2,(H,30,31). The van der Waals surface area contributed by atoms with E-state index in [1.807, 2.05) is 23.1 Å². The van der Waals surface area contributed by atoms with Crippen molar-refractivity contribution in [1.29, 1.82) is 0 Å². The zero-order valence-corrected chi connectivity index (χ0v) is 21.2. The van der Waals surface area contributed by atoms with Crippen LogP contribution < -0.4 is 14.8 Å². The molecule has 0 atom stereocenters. The number of rotatable bonds is 5.